The largest absolute Gasteiger partial charge is 0.254 e. The summed E-state index contributed by atoms with van der Waals surface area (Å²) in [6.07, 6.45) is 1.61. The molecule has 2 aromatic heterocycles. The summed E-state index contributed by atoms with van der Waals surface area (Å²) in [6.45, 7) is 0. The van der Waals surface area contributed by atoms with E-state index in [1.165, 1.54) is 10.1 Å². The molecule has 0 aliphatic rings. The third-order valence-corrected chi connectivity index (χ3v) is 3.71. The number of hydrogen-bond donors (Lipinski definition) is 0. The minimum absolute atomic E-state index is 0.592. The van der Waals surface area contributed by atoms with Crippen molar-refractivity contribution in [3.05, 3.63) is 54.2 Å². The van der Waals surface area contributed by atoms with Crippen molar-refractivity contribution in [3.8, 4) is 16.6 Å². The predicted molar refractivity (Wildman–Crippen MR) is 69.8 cm³/mol. The smallest absolute Gasteiger partial charge is 0.101 e. The predicted octanol–water partition coefficient (Wildman–Crippen LogP) is 3.83. The van der Waals surface area contributed by atoms with Crippen molar-refractivity contribution < 1.29 is 0 Å². The molecule has 2 nitrogen and oxygen atoms in total. The zero-order chi connectivity index (χ0) is 11.7. The lowest BCUT2D eigenvalue weighted by molar-refractivity contribution is 1.31. The van der Waals surface area contributed by atoms with Crippen LogP contribution in [0.5, 0.6) is 0 Å². The van der Waals surface area contributed by atoms with Crippen LogP contribution in [-0.2, 0) is 0 Å². The Morgan fingerprint density at radius 2 is 2.00 bits per heavy atom. The molecule has 0 unspecified atom stereocenters. The van der Waals surface area contributed by atoms with E-state index in [1.54, 1.807) is 23.6 Å². The maximum absolute atomic E-state index is 8.73. The quantitative estimate of drug-likeness (QED) is 0.643. The second-order valence-corrected chi connectivity index (χ2v) is 4.78. The van der Waals surface area contributed by atoms with Crippen molar-refractivity contribution in [3.63, 3.8) is 0 Å². The van der Waals surface area contributed by atoms with E-state index in [0.29, 0.717) is 5.56 Å². The molecule has 0 amide bonds. The van der Waals surface area contributed by atoms with Crippen molar-refractivity contribution in [1.82, 2.24) is 4.98 Å². The Bertz CT molecular complexity index is 672. The molecule has 0 atom stereocenters. The standard InChI is InChI=1S/C14H8N2S/c15-8-10-5-6-12(16-9-10)14-7-11-3-1-2-4-13(11)17-14/h1-7,9H. The fraction of sp³-hybridized carbons (Fsp3) is 0. The Labute approximate surface area is 103 Å². The van der Waals surface area contributed by atoms with E-state index < -0.39 is 0 Å². The van der Waals surface area contributed by atoms with Gasteiger partial charge in [0.25, 0.3) is 0 Å². The molecular weight excluding hydrogens is 228 g/mol. The van der Waals surface area contributed by atoms with Crippen LogP contribution in [0.3, 0.4) is 0 Å². The number of rotatable bonds is 1. The third-order valence-electron chi connectivity index (χ3n) is 2.57. The lowest BCUT2D eigenvalue weighted by atomic mass is 10.2. The first-order valence-electron chi connectivity index (χ1n) is 5.22. The first-order valence-corrected chi connectivity index (χ1v) is 6.03. The Balaban J connectivity index is 2.11. The molecule has 17 heavy (non-hydrogen) atoms. The van der Waals surface area contributed by atoms with E-state index in [1.807, 2.05) is 18.2 Å². The molecule has 0 bridgehead atoms. The van der Waals surface area contributed by atoms with Gasteiger partial charge in [-0.15, -0.1) is 11.3 Å². The molecule has 0 N–H and O–H groups in total. The molecule has 3 aromatic rings. The van der Waals surface area contributed by atoms with Crippen LogP contribution < -0.4 is 0 Å². The monoisotopic (exact) mass is 236 g/mol. The van der Waals surface area contributed by atoms with Gasteiger partial charge < -0.3 is 0 Å². The molecule has 80 valence electrons. The Kier molecular flexibility index (Phi) is 2.36. The van der Waals surface area contributed by atoms with Gasteiger partial charge in [0.05, 0.1) is 16.1 Å². The average Bonchev–Trinajstić information content (AvgIpc) is 2.82. The zero-order valence-electron chi connectivity index (χ0n) is 8.92. The first kappa shape index (κ1) is 10.0. The lowest BCUT2D eigenvalue weighted by Gasteiger charge is -1.94. The summed E-state index contributed by atoms with van der Waals surface area (Å²) < 4.78 is 1.26. The molecule has 2 heterocycles. The Morgan fingerprint density at radius 1 is 1.12 bits per heavy atom. The summed E-state index contributed by atoms with van der Waals surface area (Å²) in [5, 5.41) is 9.96. The maximum atomic E-state index is 8.73. The molecule has 0 aliphatic carbocycles. The Morgan fingerprint density at radius 3 is 2.71 bits per heavy atom. The number of benzene rings is 1. The highest BCUT2D eigenvalue weighted by atomic mass is 32.1. The molecule has 0 fully saturated rings. The van der Waals surface area contributed by atoms with Crippen molar-refractivity contribution in [1.29, 1.82) is 5.26 Å². The topological polar surface area (TPSA) is 36.7 Å². The molecule has 0 saturated carbocycles. The summed E-state index contributed by atoms with van der Waals surface area (Å²) in [6, 6.07) is 16.2. The van der Waals surface area contributed by atoms with E-state index in [0.717, 1.165) is 10.6 Å². The van der Waals surface area contributed by atoms with Crippen LogP contribution in [0, 0.1) is 11.3 Å². The molecule has 1 aromatic carbocycles. The molecule has 3 rings (SSSR count). The Hall–Kier alpha value is -2.18. The van der Waals surface area contributed by atoms with E-state index in [4.69, 9.17) is 5.26 Å². The van der Waals surface area contributed by atoms with Crippen LogP contribution >= 0.6 is 11.3 Å². The summed E-state index contributed by atoms with van der Waals surface area (Å²) in [5.74, 6) is 0. The summed E-state index contributed by atoms with van der Waals surface area (Å²) in [7, 11) is 0. The first-order chi connectivity index (χ1) is 8.36. The number of aromatic nitrogens is 1. The van der Waals surface area contributed by atoms with Gasteiger partial charge in [-0.25, -0.2) is 0 Å². The molecule has 0 radical (unpaired) electrons. The minimum atomic E-state index is 0.592. The fourth-order valence-electron chi connectivity index (χ4n) is 1.71. The van der Waals surface area contributed by atoms with Gasteiger partial charge in [-0.3, -0.25) is 4.98 Å². The molecular formula is C14H8N2S. The normalized spacial score (nSPS) is 10.3. The molecule has 0 saturated heterocycles. The number of pyridine rings is 1. The van der Waals surface area contributed by atoms with Crippen LogP contribution in [0.25, 0.3) is 20.7 Å². The van der Waals surface area contributed by atoms with Crippen LogP contribution in [-0.4, -0.2) is 4.98 Å². The minimum Gasteiger partial charge on any atom is -0.254 e. The van der Waals surface area contributed by atoms with Crippen LogP contribution in [0.4, 0.5) is 0 Å². The summed E-state index contributed by atoms with van der Waals surface area (Å²) >= 11 is 1.72. The van der Waals surface area contributed by atoms with E-state index >= 15 is 0 Å². The second kappa shape index (κ2) is 4.00. The average molecular weight is 236 g/mol. The number of nitrogens with zero attached hydrogens (tertiary/aromatic N) is 2. The summed E-state index contributed by atoms with van der Waals surface area (Å²) in [5.41, 5.74) is 1.51. The number of nitriles is 1. The SMILES string of the molecule is N#Cc1ccc(-c2cc3ccccc3s2)nc1. The van der Waals surface area contributed by atoms with Crippen LogP contribution in [0.15, 0.2) is 48.7 Å². The van der Waals surface area contributed by atoms with Crippen molar-refractivity contribution in [2.75, 3.05) is 0 Å². The van der Waals surface area contributed by atoms with Gasteiger partial charge in [0.1, 0.15) is 6.07 Å². The highest BCUT2D eigenvalue weighted by molar-refractivity contribution is 7.22. The maximum Gasteiger partial charge on any atom is 0.101 e. The van der Waals surface area contributed by atoms with Crippen molar-refractivity contribution in [2.45, 2.75) is 0 Å². The molecule has 0 aliphatic heterocycles. The van der Waals surface area contributed by atoms with Gasteiger partial charge in [0, 0.05) is 10.9 Å². The highest BCUT2D eigenvalue weighted by Crippen LogP contribution is 2.32. The van der Waals surface area contributed by atoms with E-state index in [9.17, 15) is 0 Å². The fourth-order valence-corrected chi connectivity index (χ4v) is 2.75. The molecule has 3 heteroatoms. The van der Waals surface area contributed by atoms with Gasteiger partial charge in [-0.2, -0.15) is 5.26 Å². The van der Waals surface area contributed by atoms with E-state index in [-0.39, 0.29) is 0 Å². The number of fused-ring (bicyclic) bond motifs is 1. The van der Waals surface area contributed by atoms with Gasteiger partial charge >= 0.3 is 0 Å². The zero-order valence-corrected chi connectivity index (χ0v) is 9.74. The number of hydrogen-bond acceptors (Lipinski definition) is 3. The second-order valence-electron chi connectivity index (χ2n) is 3.69. The van der Waals surface area contributed by atoms with Crippen LogP contribution in [0.1, 0.15) is 5.56 Å². The highest BCUT2D eigenvalue weighted by Gasteiger charge is 2.04. The van der Waals surface area contributed by atoms with Gasteiger partial charge in [-0.1, -0.05) is 18.2 Å². The van der Waals surface area contributed by atoms with Gasteiger partial charge in [0.2, 0.25) is 0 Å². The van der Waals surface area contributed by atoms with Crippen molar-refractivity contribution >= 4 is 21.4 Å². The van der Waals surface area contributed by atoms with Crippen LogP contribution in [0.2, 0.25) is 0 Å². The van der Waals surface area contributed by atoms with Gasteiger partial charge in [0.15, 0.2) is 0 Å². The van der Waals surface area contributed by atoms with Gasteiger partial charge in [-0.05, 0) is 29.7 Å². The third kappa shape index (κ3) is 1.79. The summed E-state index contributed by atoms with van der Waals surface area (Å²) in [4.78, 5) is 5.44. The lowest BCUT2D eigenvalue weighted by Crippen LogP contribution is -1.81. The number of thiophene rings is 1. The molecule has 0 spiro atoms. The van der Waals surface area contributed by atoms with E-state index in [2.05, 4.69) is 29.3 Å². The van der Waals surface area contributed by atoms with Crippen molar-refractivity contribution in [2.24, 2.45) is 0 Å².